The van der Waals surface area contributed by atoms with Gasteiger partial charge in [-0.1, -0.05) is 46.9 Å². The molecule has 36 heavy (non-hydrogen) atoms. The lowest BCUT2D eigenvalue weighted by molar-refractivity contribution is 0.152. The van der Waals surface area contributed by atoms with Gasteiger partial charge in [-0.2, -0.15) is 0 Å². The second-order valence-corrected chi connectivity index (χ2v) is 10.2. The fraction of sp³-hybridized carbons (Fsp3) is 0.259. The predicted octanol–water partition coefficient (Wildman–Crippen LogP) is 6.62. The van der Waals surface area contributed by atoms with Crippen LogP contribution >= 0.6 is 34.8 Å². The molecule has 9 heteroatoms. The van der Waals surface area contributed by atoms with E-state index in [2.05, 4.69) is 4.90 Å². The molecule has 0 N–H and O–H groups in total. The maximum absolute atomic E-state index is 14.4. The number of hydrogen-bond acceptors (Lipinski definition) is 4. The average molecular weight is 547 g/mol. The highest BCUT2D eigenvalue weighted by Gasteiger charge is 2.24. The van der Waals surface area contributed by atoms with Crippen molar-refractivity contribution in [2.24, 2.45) is 5.92 Å². The zero-order chi connectivity index (χ0) is 25.4. The van der Waals surface area contributed by atoms with Gasteiger partial charge in [0.2, 0.25) is 0 Å². The highest BCUT2D eigenvalue weighted by atomic mass is 35.5. The molecule has 3 aromatic carbocycles. The van der Waals surface area contributed by atoms with Gasteiger partial charge < -0.3 is 4.74 Å². The summed E-state index contributed by atoms with van der Waals surface area (Å²) in [5, 5.41) is 1.26. The lowest BCUT2D eigenvalue weighted by atomic mass is 10.1. The Hall–Kier alpha value is -2.48. The van der Waals surface area contributed by atoms with Gasteiger partial charge in [-0.3, -0.25) is 14.3 Å². The van der Waals surface area contributed by atoms with Gasteiger partial charge in [-0.25, -0.2) is 9.37 Å². The van der Waals surface area contributed by atoms with Crippen LogP contribution in [0.15, 0.2) is 59.4 Å². The van der Waals surface area contributed by atoms with Crippen LogP contribution in [0.5, 0.6) is 0 Å². The third kappa shape index (κ3) is 4.89. The maximum Gasteiger partial charge on any atom is 0.266 e. The summed E-state index contributed by atoms with van der Waals surface area (Å²) in [5.41, 5.74) is 1.84. The van der Waals surface area contributed by atoms with Crippen LogP contribution < -0.4 is 5.56 Å². The third-order valence-corrected chi connectivity index (χ3v) is 7.47. The standard InChI is InChI=1S/C27H23Cl3FN3O2/c1-36-15-16-9-10-33(13-16)14-17-3-2-4-21(25(17)30)26-32-24-11-18(28)5-7-20(24)27(35)34(26)19-6-8-22(29)23(31)12-19/h2-8,11-12,16H,9-10,13-15H2,1H3/t16-/m0/s1. The highest BCUT2D eigenvalue weighted by molar-refractivity contribution is 6.34. The second-order valence-electron chi connectivity index (χ2n) is 8.96. The van der Waals surface area contributed by atoms with E-state index < -0.39 is 5.82 Å². The van der Waals surface area contributed by atoms with Crippen molar-refractivity contribution in [3.05, 3.63) is 91.4 Å². The van der Waals surface area contributed by atoms with Gasteiger partial charge >= 0.3 is 0 Å². The fourth-order valence-electron chi connectivity index (χ4n) is 4.75. The van der Waals surface area contributed by atoms with Crippen molar-refractivity contribution in [1.29, 1.82) is 0 Å². The first kappa shape index (κ1) is 25.2. The van der Waals surface area contributed by atoms with Crippen molar-refractivity contribution in [1.82, 2.24) is 14.5 Å². The molecule has 1 aliphatic rings. The number of halogens is 4. The number of fused-ring (bicyclic) bond motifs is 1. The summed E-state index contributed by atoms with van der Waals surface area (Å²) in [4.78, 5) is 20.8. The van der Waals surface area contributed by atoms with Crippen molar-refractivity contribution < 1.29 is 9.13 Å². The smallest absolute Gasteiger partial charge is 0.266 e. The van der Waals surface area contributed by atoms with E-state index in [9.17, 15) is 9.18 Å². The van der Waals surface area contributed by atoms with Gasteiger partial charge in [0.05, 0.1) is 33.2 Å². The molecule has 0 amide bonds. The van der Waals surface area contributed by atoms with Crippen LogP contribution in [0.4, 0.5) is 4.39 Å². The number of rotatable bonds is 6. The second kappa shape index (κ2) is 10.5. The van der Waals surface area contributed by atoms with E-state index in [1.807, 2.05) is 18.2 Å². The van der Waals surface area contributed by atoms with E-state index in [1.165, 1.54) is 16.7 Å². The molecule has 5 rings (SSSR count). The molecule has 0 spiro atoms. The normalized spacial score (nSPS) is 16.2. The number of ether oxygens (including phenoxy) is 1. The molecule has 1 aliphatic heterocycles. The molecule has 0 bridgehead atoms. The van der Waals surface area contributed by atoms with Gasteiger partial charge in [-0.15, -0.1) is 0 Å². The van der Waals surface area contributed by atoms with E-state index >= 15 is 0 Å². The van der Waals surface area contributed by atoms with Crippen LogP contribution in [0.1, 0.15) is 12.0 Å². The Morgan fingerprint density at radius 3 is 2.72 bits per heavy atom. The molecule has 1 fully saturated rings. The minimum atomic E-state index is -0.636. The Kier molecular flexibility index (Phi) is 7.33. The monoisotopic (exact) mass is 545 g/mol. The molecule has 186 valence electrons. The molecule has 1 atom stereocenters. The number of hydrogen-bond donors (Lipinski definition) is 0. The Bertz CT molecular complexity index is 1510. The molecule has 2 heterocycles. The lowest BCUT2D eigenvalue weighted by Crippen LogP contribution is -2.23. The van der Waals surface area contributed by atoms with Gasteiger partial charge in [-0.05, 0) is 66.9 Å². The zero-order valence-corrected chi connectivity index (χ0v) is 21.7. The third-order valence-electron chi connectivity index (χ3n) is 6.48. The molecule has 5 nitrogen and oxygen atoms in total. The number of likely N-dealkylation sites (tertiary alicyclic amines) is 1. The number of nitrogens with zero attached hydrogens (tertiary/aromatic N) is 3. The van der Waals surface area contributed by atoms with Crippen LogP contribution in [0, 0.1) is 11.7 Å². The van der Waals surface area contributed by atoms with E-state index in [0.717, 1.165) is 31.7 Å². The van der Waals surface area contributed by atoms with Crippen LogP contribution in [-0.2, 0) is 11.3 Å². The number of methoxy groups -OCH3 is 1. The first-order chi connectivity index (χ1) is 17.4. The molecule has 0 unspecified atom stereocenters. The minimum absolute atomic E-state index is 0.0358. The Labute approximate surface area is 223 Å². The molecule has 1 aromatic heterocycles. The quantitative estimate of drug-likeness (QED) is 0.273. The fourth-order valence-corrected chi connectivity index (χ4v) is 5.30. The summed E-state index contributed by atoms with van der Waals surface area (Å²) in [5.74, 6) is 0.151. The SMILES string of the molecule is COC[C@H]1CCN(Cc2cccc(-c3nc4cc(Cl)ccc4c(=O)n3-c3ccc(Cl)c(F)c3)c2Cl)C1. The van der Waals surface area contributed by atoms with Gasteiger partial charge in [0.1, 0.15) is 11.6 Å². The largest absolute Gasteiger partial charge is 0.384 e. The zero-order valence-electron chi connectivity index (χ0n) is 19.5. The van der Waals surface area contributed by atoms with E-state index in [4.69, 9.17) is 44.5 Å². The van der Waals surface area contributed by atoms with Crippen molar-refractivity contribution in [2.75, 3.05) is 26.8 Å². The van der Waals surface area contributed by atoms with Crippen LogP contribution in [-0.4, -0.2) is 41.3 Å². The molecule has 4 aromatic rings. The predicted molar refractivity (Wildman–Crippen MR) is 143 cm³/mol. The summed E-state index contributed by atoms with van der Waals surface area (Å²) >= 11 is 19.0. The first-order valence-corrected chi connectivity index (χ1v) is 12.7. The van der Waals surface area contributed by atoms with Crippen molar-refractivity contribution in [3.8, 4) is 17.1 Å². The Morgan fingerprint density at radius 2 is 1.94 bits per heavy atom. The van der Waals surface area contributed by atoms with Crippen LogP contribution in [0.25, 0.3) is 28.0 Å². The van der Waals surface area contributed by atoms with Crippen molar-refractivity contribution in [2.45, 2.75) is 13.0 Å². The summed E-state index contributed by atoms with van der Waals surface area (Å²) in [6.07, 6.45) is 1.07. The van der Waals surface area contributed by atoms with E-state index in [-0.39, 0.29) is 10.6 Å². The lowest BCUT2D eigenvalue weighted by Gasteiger charge is -2.19. The van der Waals surface area contributed by atoms with Gasteiger partial charge in [0, 0.05) is 30.8 Å². The minimum Gasteiger partial charge on any atom is -0.384 e. The average Bonchev–Trinajstić information content (AvgIpc) is 3.29. The van der Waals surface area contributed by atoms with E-state index in [1.54, 1.807) is 31.4 Å². The molecule has 0 radical (unpaired) electrons. The molecule has 0 saturated carbocycles. The Balaban J connectivity index is 1.65. The van der Waals surface area contributed by atoms with Gasteiger partial charge in [0.25, 0.3) is 5.56 Å². The number of aromatic nitrogens is 2. The summed E-state index contributed by atoms with van der Waals surface area (Å²) in [6, 6.07) is 14.7. The number of benzene rings is 3. The van der Waals surface area contributed by atoms with E-state index in [0.29, 0.717) is 50.5 Å². The van der Waals surface area contributed by atoms with Crippen LogP contribution in [0.3, 0.4) is 0 Å². The molecular formula is C27H23Cl3FN3O2. The highest BCUT2D eigenvalue weighted by Crippen LogP contribution is 2.33. The van der Waals surface area contributed by atoms with Crippen LogP contribution in [0.2, 0.25) is 15.1 Å². The first-order valence-electron chi connectivity index (χ1n) is 11.5. The summed E-state index contributed by atoms with van der Waals surface area (Å²) in [7, 11) is 1.72. The molecule has 1 saturated heterocycles. The van der Waals surface area contributed by atoms with Crippen molar-refractivity contribution >= 4 is 45.7 Å². The van der Waals surface area contributed by atoms with Crippen molar-refractivity contribution in [3.63, 3.8) is 0 Å². The molecular weight excluding hydrogens is 524 g/mol. The summed E-state index contributed by atoms with van der Waals surface area (Å²) < 4.78 is 21.1. The summed E-state index contributed by atoms with van der Waals surface area (Å²) in [6.45, 7) is 3.27. The topological polar surface area (TPSA) is 47.4 Å². The van der Waals surface area contributed by atoms with Gasteiger partial charge in [0.15, 0.2) is 0 Å². The maximum atomic E-state index is 14.4. The molecule has 0 aliphatic carbocycles. The Morgan fingerprint density at radius 1 is 1.11 bits per heavy atom.